The van der Waals surface area contributed by atoms with Crippen LogP contribution in [0.3, 0.4) is 0 Å². The van der Waals surface area contributed by atoms with Gasteiger partial charge < -0.3 is 9.82 Å². The summed E-state index contributed by atoms with van der Waals surface area (Å²) in [7, 11) is 0. The number of aromatic amines is 1. The molecule has 0 unspecified atom stereocenters. The molecule has 0 radical (unpaired) electrons. The molecule has 1 N–H and O–H groups in total. The Balaban J connectivity index is 1.62. The minimum Gasteiger partial charge on any atom is -0.345 e. The first-order chi connectivity index (χ1) is 11.2. The van der Waals surface area contributed by atoms with Gasteiger partial charge >= 0.3 is 5.97 Å². The molecule has 0 fully saturated rings. The van der Waals surface area contributed by atoms with E-state index in [9.17, 15) is 9.59 Å². The Kier molecular flexibility index (Phi) is 2.87. The van der Waals surface area contributed by atoms with Gasteiger partial charge in [0.1, 0.15) is 11.0 Å². The molecule has 0 spiro atoms. The number of nitrogens with one attached hydrogen (secondary N) is 1. The van der Waals surface area contributed by atoms with Crippen molar-refractivity contribution < 1.29 is 14.4 Å². The predicted octanol–water partition coefficient (Wildman–Crippen LogP) is 1.15. The van der Waals surface area contributed by atoms with Gasteiger partial charge in [-0.25, -0.2) is 9.78 Å². The van der Waals surface area contributed by atoms with E-state index < -0.39 is 11.8 Å². The Morgan fingerprint density at radius 2 is 1.96 bits per heavy atom. The van der Waals surface area contributed by atoms with Crippen LogP contribution in [-0.4, -0.2) is 36.9 Å². The van der Waals surface area contributed by atoms with Crippen LogP contribution in [0.5, 0.6) is 0 Å². The first kappa shape index (κ1) is 13.1. The molecule has 0 aliphatic carbocycles. The maximum absolute atomic E-state index is 12.2. The van der Waals surface area contributed by atoms with Crippen molar-refractivity contribution >= 4 is 33.8 Å². The minimum atomic E-state index is -1.04. The van der Waals surface area contributed by atoms with Gasteiger partial charge in [0.2, 0.25) is 0 Å². The zero-order valence-corrected chi connectivity index (χ0v) is 11.6. The fraction of sp³-hybridized carbons (Fsp3) is 0. The lowest BCUT2D eigenvalue weighted by molar-refractivity contribution is -0.139. The van der Waals surface area contributed by atoms with Gasteiger partial charge in [0.25, 0.3) is 5.78 Å². The summed E-state index contributed by atoms with van der Waals surface area (Å²) in [6, 6.07) is 11.7. The molecule has 4 aromatic rings. The summed E-state index contributed by atoms with van der Waals surface area (Å²) in [4.78, 5) is 37.1. The number of H-pyrrole nitrogens is 1. The lowest BCUT2D eigenvalue weighted by atomic mass is 10.1. The van der Waals surface area contributed by atoms with Crippen molar-refractivity contribution in [2.45, 2.75) is 0 Å². The number of aromatic nitrogens is 5. The first-order valence-electron chi connectivity index (χ1n) is 6.73. The van der Waals surface area contributed by atoms with Gasteiger partial charge in [-0.3, -0.25) is 4.79 Å². The van der Waals surface area contributed by atoms with Crippen molar-refractivity contribution in [2.24, 2.45) is 0 Å². The zero-order chi connectivity index (χ0) is 15.8. The zero-order valence-electron chi connectivity index (χ0n) is 11.6. The van der Waals surface area contributed by atoms with Crippen LogP contribution >= 0.6 is 0 Å². The lowest BCUT2D eigenvalue weighted by Crippen LogP contribution is -2.28. The van der Waals surface area contributed by atoms with E-state index in [0.717, 1.165) is 4.85 Å². The van der Waals surface area contributed by atoms with E-state index in [2.05, 4.69) is 20.3 Å². The summed E-state index contributed by atoms with van der Waals surface area (Å²) in [5.74, 6) is -1.82. The monoisotopic (exact) mass is 307 g/mol. The highest BCUT2D eigenvalue weighted by Crippen LogP contribution is 2.13. The molecule has 2 aromatic heterocycles. The SMILES string of the molecule is O=C(On1nnc2ccccc21)C(=O)c1ccc2nc[nH]c2c1. The van der Waals surface area contributed by atoms with Crippen LogP contribution in [0.25, 0.3) is 22.1 Å². The molecule has 0 aliphatic heterocycles. The Hall–Kier alpha value is -3.55. The third-order valence-electron chi connectivity index (χ3n) is 3.36. The standard InChI is InChI=1S/C15H9N5O3/c21-14(9-5-6-10-12(7-9)17-8-16-10)15(22)23-20-13-4-2-1-3-11(13)18-19-20/h1-8H,(H,16,17). The third-order valence-corrected chi connectivity index (χ3v) is 3.36. The van der Waals surface area contributed by atoms with Crippen LogP contribution < -0.4 is 4.84 Å². The number of para-hydroxylation sites is 1. The van der Waals surface area contributed by atoms with Gasteiger partial charge in [-0.1, -0.05) is 17.0 Å². The maximum Gasteiger partial charge on any atom is 0.405 e. The molecule has 23 heavy (non-hydrogen) atoms. The van der Waals surface area contributed by atoms with Gasteiger partial charge in [-0.2, -0.15) is 0 Å². The largest absolute Gasteiger partial charge is 0.405 e. The summed E-state index contributed by atoms with van der Waals surface area (Å²) >= 11 is 0. The number of carbonyl (C=O) groups excluding carboxylic acids is 2. The van der Waals surface area contributed by atoms with Gasteiger partial charge in [-0.15, -0.1) is 5.10 Å². The van der Waals surface area contributed by atoms with Gasteiger partial charge in [0.05, 0.1) is 17.4 Å². The molecule has 4 rings (SSSR count). The van der Waals surface area contributed by atoms with Crippen LogP contribution in [0.4, 0.5) is 0 Å². The van der Waals surface area contributed by atoms with Crippen molar-refractivity contribution in [1.82, 2.24) is 25.1 Å². The molecule has 112 valence electrons. The van der Waals surface area contributed by atoms with Crippen LogP contribution in [0.2, 0.25) is 0 Å². The highest BCUT2D eigenvalue weighted by molar-refractivity contribution is 6.41. The molecule has 0 amide bonds. The molecule has 8 heteroatoms. The van der Waals surface area contributed by atoms with Crippen molar-refractivity contribution in [3.63, 3.8) is 0 Å². The number of ketones is 1. The van der Waals surface area contributed by atoms with Gasteiger partial charge in [0.15, 0.2) is 0 Å². The molecular weight excluding hydrogens is 298 g/mol. The summed E-state index contributed by atoms with van der Waals surface area (Å²) < 4.78 is 0. The van der Waals surface area contributed by atoms with E-state index >= 15 is 0 Å². The summed E-state index contributed by atoms with van der Waals surface area (Å²) in [5.41, 5.74) is 2.63. The number of fused-ring (bicyclic) bond motifs is 2. The Labute approximate surface area is 128 Å². The third kappa shape index (κ3) is 2.22. The molecule has 0 bridgehead atoms. The molecule has 0 saturated carbocycles. The molecule has 0 aliphatic rings. The van der Waals surface area contributed by atoms with E-state index in [1.54, 1.807) is 36.4 Å². The van der Waals surface area contributed by atoms with Crippen molar-refractivity contribution in [3.05, 3.63) is 54.4 Å². The molecule has 0 atom stereocenters. The number of hydrogen-bond acceptors (Lipinski definition) is 6. The Bertz CT molecular complexity index is 1050. The summed E-state index contributed by atoms with van der Waals surface area (Å²) in [6.45, 7) is 0. The number of rotatable bonds is 3. The number of imidazole rings is 1. The molecular formula is C15H9N5O3. The van der Waals surface area contributed by atoms with Crippen LogP contribution in [0.15, 0.2) is 48.8 Å². The van der Waals surface area contributed by atoms with E-state index in [4.69, 9.17) is 4.84 Å². The molecule has 2 heterocycles. The fourth-order valence-electron chi connectivity index (χ4n) is 2.23. The second kappa shape index (κ2) is 5.02. The predicted molar refractivity (Wildman–Crippen MR) is 79.5 cm³/mol. The Morgan fingerprint density at radius 1 is 1.09 bits per heavy atom. The van der Waals surface area contributed by atoms with Gasteiger partial charge in [0, 0.05) is 5.56 Å². The average molecular weight is 307 g/mol. The topological polar surface area (TPSA) is 103 Å². The molecule has 0 saturated heterocycles. The van der Waals surface area contributed by atoms with E-state index in [1.807, 2.05) is 0 Å². The maximum atomic E-state index is 12.2. The minimum absolute atomic E-state index is 0.205. The highest BCUT2D eigenvalue weighted by Gasteiger charge is 2.21. The van der Waals surface area contributed by atoms with Crippen LogP contribution in [0, 0.1) is 0 Å². The number of benzene rings is 2. The number of hydrogen-bond donors (Lipinski definition) is 1. The van der Waals surface area contributed by atoms with Crippen LogP contribution in [0.1, 0.15) is 10.4 Å². The average Bonchev–Trinajstić information content (AvgIpc) is 3.20. The Morgan fingerprint density at radius 3 is 2.87 bits per heavy atom. The van der Waals surface area contributed by atoms with E-state index in [0.29, 0.717) is 22.1 Å². The van der Waals surface area contributed by atoms with E-state index in [-0.39, 0.29) is 5.56 Å². The van der Waals surface area contributed by atoms with Crippen LogP contribution in [-0.2, 0) is 4.79 Å². The fourth-order valence-corrected chi connectivity index (χ4v) is 2.23. The van der Waals surface area contributed by atoms with Gasteiger partial charge in [-0.05, 0) is 35.5 Å². The second-order valence-electron chi connectivity index (χ2n) is 4.79. The highest BCUT2D eigenvalue weighted by atomic mass is 16.7. The quantitative estimate of drug-likeness (QED) is 0.346. The number of nitrogens with zero attached hydrogens (tertiary/aromatic N) is 4. The number of carbonyl (C=O) groups is 2. The number of Topliss-reactive ketones (excluding diaryl/α,β-unsaturated/α-hetero) is 1. The summed E-state index contributed by atoms with van der Waals surface area (Å²) in [6.07, 6.45) is 1.51. The molecule has 8 nitrogen and oxygen atoms in total. The summed E-state index contributed by atoms with van der Waals surface area (Å²) in [5, 5.41) is 7.56. The lowest BCUT2D eigenvalue weighted by Gasteiger charge is -2.02. The van der Waals surface area contributed by atoms with Crippen molar-refractivity contribution in [2.75, 3.05) is 0 Å². The smallest absolute Gasteiger partial charge is 0.345 e. The van der Waals surface area contributed by atoms with Crippen molar-refractivity contribution in [1.29, 1.82) is 0 Å². The second-order valence-corrected chi connectivity index (χ2v) is 4.79. The van der Waals surface area contributed by atoms with E-state index in [1.165, 1.54) is 12.4 Å². The normalized spacial score (nSPS) is 11.0. The van der Waals surface area contributed by atoms with Crippen molar-refractivity contribution in [3.8, 4) is 0 Å². The molecule has 2 aromatic carbocycles. The first-order valence-corrected chi connectivity index (χ1v) is 6.73.